The highest BCUT2D eigenvalue weighted by Gasteiger charge is 2.16. The lowest BCUT2D eigenvalue weighted by Crippen LogP contribution is -2.10. The van der Waals surface area contributed by atoms with E-state index in [9.17, 15) is 4.79 Å². The van der Waals surface area contributed by atoms with E-state index in [2.05, 4.69) is 0 Å². The zero-order chi connectivity index (χ0) is 8.97. The van der Waals surface area contributed by atoms with Gasteiger partial charge in [0.05, 0.1) is 0 Å². The number of ketones is 1. The monoisotopic (exact) mass is 168 g/mol. The summed E-state index contributed by atoms with van der Waals surface area (Å²) in [5.74, 6) is 0.298. The van der Waals surface area contributed by atoms with Crippen LogP contribution in [0.5, 0.6) is 0 Å². The highest BCUT2D eigenvalue weighted by atomic mass is 16.2. The van der Waals surface area contributed by atoms with Gasteiger partial charge in [-0.15, -0.1) is 0 Å². The van der Waals surface area contributed by atoms with Crippen molar-refractivity contribution in [3.8, 4) is 0 Å². The third kappa shape index (κ3) is 2.18. The maximum Gasteiger partial charge on any atom is 0.158 e. The summed E-state index contributed by atoms with van der Waals surface area (Å²) in [7, 11) is 0. The number of aliphatic hydroxyl groups is 1. The zero-order valence-corrected chi connectivity index (χ0v) is 7.60. The van der Waals surface area contributed by atoms with Crippen LogP contribution in [0.2, 0.25) is 0 Å². The van der Waals surface area contributed by atoms with Gasteiger partial charge in [0.1, 0.15) is 0 Å². The summed E-state index contributed by atoms with van der Waals surface area (Å²) < 4.78 is 0. The molecule has 0 fully saturated rings. The molecule has 0 saturated heterocycles. The minimum absolute atomic E-state index is 0.185. The van der Waals surface area contributed by atoms with E-state index >= 15 is 0 Å². The molecule has 0 heterocycles. The van der Waals surface area contributed by atoms with Crippen molar-refractivity contribution in [3.63, 3.8) is 0 Å². The summed E-state index contributed by atoms with van der Waals surface area (Å²) in [4.78, 5) is 11.4. The maximum absolute atomic E-state index is 11.4. The summed E-state index contributed by atoms with van der Waals surface area (Å²) in [6.07, 6.45) is 4.26. The zero-order valence-electron chi connectivity index (χ0n) is 7.60. The number of rotatable bonds is 3. The van der Waals surface area contributed by atoms with Gasteiger partial charge in [0.2, 0.25) is 0 Å². The number of hydrogen-bond donors (Lipinski definition) is 1. The van der Waals surface area contributed by atoms with E-state index < -0.39 is 0 Å². The van der Waals surface area contributed by atoms with Crippen molar-refractivity contribution in [1.82, 2.24) is 0 Å². The Labute approximate surface area is 73.3 Å². The van der Waals surface area contributed by atoms with Crippen molar-refractivity contribution in [3.05, 3.63) is 11.1 Å². The minimum atomic E-state index is 0.185. The van der Waals surface area contributed by atoms with Gasteiger partial charge in [0.15, 0.2) is 5.78 Å². The molecule has 0 aromatic heterocycles. The molecular weight excluding hydrogens is 152 g/mol. The Morgan fingerprint density at radius 2 is 2.17 bits per heavy atom. The Morgan fingerprint density at radius 1 is 1.42 bits per heavy atom. The van der Waals surface area contributed by atoms with Crippen LogP contribution in [0.15, 0.2) is 11.1 Å². The van der Waals surface area contributed by atoms with Crippen molar-refractivity contribution >= 4 is 5.78 Å². The van der Waals surface area contributed by atoms with Crippen LogP contribution in [0, 0.1) is 0 Å². The smallest absolute Gasteiger partial charge is 0.158 e. The van der Waals surface area contributed by atoms with Crippen LogP contribution < -0.4 is 0 Å². The predicted octanol–water partition coefficient (Wildman–Crippen LogP) is 1.83. The number of carbonyl (C=O) groups excluding carboxylic acids is 1. The van der Waals surface area contributed by atoms with Crippen LogP contribution in [-0.4, -0.2) is 17.5 Å². The van der Waals surface area contributed by atoms with Crippen LogP contribution >= 0.6 is 0 Å². The van der Waals surface area contributed by atoms with Gasteiger partial charge in [-0.2, -0.15) is 0 Å². The fraction of sp³-hybridized carbons (Fsp3) is 0.700. The second-order valence-corrected chi connectivity index (χ2v) is 3.36. The van der Waals surface area contributed by atoms with E-state index in [1.54, 1.807) is 0 Å². The lowest BCUT2D eigenvalue weighted by molar-refractivity contribution is -0.116. The standard InChI is InChI=1S/C10H16O2/c1-8-4-2-6-10(12)9(8)5-3-7-11/h11H,2-7H2,1H3. The van der Waals surface area contributed by atoms with Crippen molar-refractivity contribution < 1.29 is 9.90 Å². The Bertz CT molecular complexity index is 204. The molecule has 0 unspecified atom stereocenters. The van der Waals surface area contributed by atoms with Crippen LogP contribution in [-0.2, 0) is 4.79 Å². The van der Waals surface area contributed by atoms with Gasteiger partial charge in [0.25, 0.3) is 0 Å². The molecular formula is C10H16O2. The van der Waals surface area contributed by atoms with E-state index in [1.165, 1.54) is 5.57 Å². The van der Waals surface area contributed by atoms with Gasteiger partial charge < -0.3 is 5.11 Å². The third-order valence-corrected chi connectivity index (χ3v) is 2.39. The molecule has 0 atom stereocenters. The molecule has 1 N–H and O–H groups in total. The molecule has 0 aromatic rings. The van der Waals surface area contributed by atoms with Gasteiger partial charge in [0, 0.05) is 13.0 Å². The largest absolute Gasteiger partial charge is 0.396 e. The molecule has 0 aliphatic heterocycles. The molecule has 0 saturated carbocycles. The Hall–Kier alpha value is -0.630. The van der Waals surface area contributed by atoms with E-state index in [0.717, 1.165) is 31.3 Å². The molecule has 2 nitrogen and oxygen atoms in total. The maximum atomic E-state index is 11.4. The first-order valence-corrected chi connectivity index (χ1v) is 4.58. The highest BCUT2D eigenvalue weighted by molar-refractivity contribution is 5.96. The molecule has 0 spiro atoms. The predicted molar refractivity (Wildman–Crippen MR) is 47.9 cm³/mol. The molecule has 0 amide bonds. The van der Waals surface area contributed by atoms with Crippen molar-refractivity contribution in [2.45, 2.75) is 39.0 Å². The molecule has 1 rings (SSSR count). The first kappa shape index (κ1) is 9.46. The number of hydrogen-bond acceptors (Lipinski definition) is 2. The fourth-order valence-electron chi connectivity index (χ4n) is 1.66. The topological polar surface area (TPSA) is 37.3 Å². The van der Waals surface area contributed by atoms with Gasteiger partial charge in [-0.1, -0.05) is 5.57 Å². The summed E-state index contributed by atoms with van der Waals surface area (Å²) in [5.41, 5.74) is 2.22. The van der Waals surface area contributed by atoms with Gasteiger partial charge in [-0.05, 0) is 38.2 Å². The summed E-state index contributed by atoms with van der Waals surface area (Å²) in [5, 5.41) is 8.64. The Kier molecular flexibility index (Phi) is 3.48. The molecule has 68 valence electrons. The molecule has 1 aliphatic carbocycles. The highest BCUT2D eigenvalue weighted by Crippen LogP contribution is 2.24. The molecule has 0 bridgehead atoms. The van der Waals surface area contributed by atoms with E-state index in [0.29, 0.717) is 12.2 Å². The molecule has 2 heteroatoms. The van der Waals surface area contributed by atoms with E-state index in [4.69, 9.17) is 5.11 Å². The first-order valence-electron chi connectivity index (χ1n) is 4.58. The average molecular weight is 168 g/mol. The Morgan fingerprint density at radius 3 is 2.75 bits per heavy atom. The summed E-state index contributed by atoms with van der Waals surface area (Å²) in [6.45, 7) is 2.22. The lowest BCUT2D eigenvalue weighted by Gasteiger charge is -2.15. The number of carbonyl (C=O) groups is 1. The normalized spacial score (nSPS) is 18.7. The van der Waals surface area contributed by atoms with Gasteiger partial charge >= 0.3 is 0 Å². The van der Waals surface area contributed by atoms with Crippen molar-refractivity contribution in [1.29, 1.82) is 0 Å². The quantitative estimate of drug-likeness (QED) is 0.698. The third-order valence-electron chi connectivity index (χ3n) is 2.39. The second-order valence-electron chi connectivity index (χ2n) is 3.36. The number of Topliss-reactive ketones (excluding diaryl/α,β-unsaturated/α-hetero) is 1. The molecule has 0 aromatic carbocycles. The van der Waals surface area contributed by atoms with E-state index in [1.807, 2.05) is 6.92 Å². The number of allylic oxidation sites excluding steroid dienone is 2. The first-order chi connectivity index (χ1) is 5.75. The van der Waals surface area contributed by atoms with Gasteiger partial charge in [-0.25, -0.2) is 0 Å². The molecule has 12 heavy (non-hydrogen) atoms. The van der Waals surface area contributed by atoms with Crippen molar-refractivity contribution in [2.75, 3.05) is 6.61 Å². The van der Waals surface area contributed by atoms with E-state index in [-0.39, 0.29) is 6.61 Å². The lowest BCUT2D eigenvalue weighted by atomic mass is 9.89. The molecule has 1 aliphatic rings. The van der Waals surface area contributed by atoms with Crippen molar-refractivity contribution in [2.24, 2.45) is 0 Å². The SMILES string of the molecule is CC1=C(CCCO)C(=O)CCC1. The van der Waals surface area contributed by atoms with Crippen LogP contribution in [0.4, 0.5) is 0 Å². The van der Waals surface area contributed by atoms with Crippen LogP contribution in [0.25, 0.3) is 0 Å². The minimum Gasteiger partial charge on any atom is -0.396 e. The summed E-state index contributed by atoms with van der Waals surface area (Å²) >= 11 is 0. The second kappa shape index (κ2) is 4.41. The average Bonchev–Trinajstić information content (AvgIpc) is 2.04. The molecule has 0 radical (unpaired) electrons. The number of aliphatic hydroxyl groups excluding tert-OH is 1. The van der Waals surface area contributed by atoms with Crippen LogP contribution in [0.3, 0.4) is 0 Å². The van der Waals surface area contributed by atoms with Gasteiger partial charge in [-0.3, -0.25) is 4.79 Å². The summed E-state index contributed by atoms with van der Waals surface area (Å²) in [6, 6.07) is 0. The van der Waals surface area contributed by atoms with Crippen LogP contribution in [0.1, 0.15) is 39.0 Å². The Balaban J connectivity index is 2.61. The fourth-order valence-corrected chi connectivity index (χ4v) is 1.66.